The molecule has 0 atom stereocenters. The summed E-state index contributed by atoms with van der Waals surface area (Å²) in [7, 11) is 0. The molecule has 27 heavy (non-hydrogen) atoms. The highest BCUT2D eigenvalue weighted by molar-refractivity contribution is 5.80. The first kappa shape index (κ1) is 18.5. The number of benzene rings is 3. The van der Waals surface area contributed by atoms with Crippen LogP contribution in [-0.4, -0.2) is 6.21 Å². The number of hydrogen-bond donors (Lipinski definition) is 1. The summed E-state index contributed by atoms with van der Waals surface area (Å²) in [5, 5.41) is 3.89. The van der Waals surface area contributed by atoms with Crippen molar-refractivity contribution in [2.75, 3.05) is 5.43 Å². The molecule has 0 amide bonds. The summed E-state index contributed by atoms with van der Waals surface area (Å²) in [4.78, 5) is 0. The van der Waals surface area contributed by atoms with E-state index < -0.39 is 11.7 Å². The number of alkyl halides is 3. The second-order valence-electron chi connectivity index (χ2n) is 5.76. The fourth-order valence-electron chi connectivity index (χ4n) is 2.40. The minimum Gasteiger partial charge on any atom is -0.489 e. The average molecular weight is 370 g/mol. The molecule has 6 heteroatoms. The van der Waals surface area contributed by atoms with E-state index in [0.29, 0.717) is 12.4 Å². The van der Waals surface area contributed by atoms with E-state index in [-0.39, 0.29) is 5.69 Å². The Morgan fingerprint density at radius 2 is 1.52 bits per heavy atom. The van der Waals surface area contributed by atoms with Crippen LogP contribution in [0.2, 0.25) is 0 Å². The number of rotatable bonds is 6. The molecule has 0 saturated heterocycles. The molecule has 0 radical (unpaired) electrons. The van der Waals surface area contributed by atoms with Crippen LogP contribution < -0.4 is 10.2 Å². The zero-order valence-electron chi connectivity index (χ0n) is 14.3. The molecule has 0 bridgehead atoms. The van der Waals surface area contributed by atoms with Gasteiger partial charge in [0.1, 0.15) is 12.4 Å². The van der Waals surface area contributed by atoms with Gasteiger partial charge in [0.25, 0.3) is 0 Å². The number of nitrogens with zero attached hydrogens (tertiary/aromatic N) is 1. The van der Waals surface area contributed by atoms with E-state index >= 15 is 0 Å². The number of hydrogen-bond acceptors (Lipinski definition) is 3. The molecule has 3 nitrogen and oxygen atoms in total. The number of ether oxygens (including phenoxy) is 1. The average Bonchev–Trinajstić information content (AvgIpc) is 2.68. The van der Waals surface area contributed by atoms with Crippen molar-refractivity contribution >= 4 is 11.9 Å². The second-order valence-corrected chi connectivity index (χ2v) is 5.76. The first-order valence-electron chi connectivity index (χ1n) is 8.24. The van der Waals surface area contributed by atoms with Crippen LogP contribution in [0.15, 0.2) is 84.0 Å². The van der Waals surface area contributed by atoms with E-state index in [1.807, 2.05) is 30.3 Å². The monoisotopic (exact) mass is 370 g/mol. The Bertz CT molecular complexity index is 891. The van der Waals surface area contributed by atoms with Gasteiger partial charge in [0.05, 0.1) is 17.5 Å². The Balaban J connectivity index is 1.59. The molecule has 0 aliphatic carbocycles. The Labute approximate surface area is 155 Å². The molecular weight excluding hydrogens is 353 g/mol. The predicted octanol–water partition coefficient (Wildman–Crippen LogP) is 5.73. The van der Waals surface area contributed by atoms with Crippen LogP contribution in [0.1, 0.15) is 16.7 Å². The van der Waals surface area contributed by atoms with Gasteiger partial charge < -0.3 is 4.74 Å². The van der Waals surface area contributed by atoms with Crippen LogP contribution in [0.3, 0.4) is 0 Å². The molecule has 0 aliphatic rings. The predicted molar refractivity (Wildman–Crippen MR) is 99.9 cm³/mol. The largest absolute Gasteiger partial charge is 0.489 e. The smallest absolute Gasteiger partial charge is 0.418 e. The lowest BCUT2D eigenvalue weighted by molar-refractivity contribution is -0.136. The highest BCUT2D eigenvalue weighted by atomic mass is 19.4. The van der Waals surface area contributed by atoms with Crippen molar-refractivity contribution in [1.29, 1.82) is 0 Å². The van der Waals surface area contributed by atoms with Crippen LogP contribution in [-0.2, 0) is 12.8 Å². The van der Waals surface area contributed by atoms with Crippen LogP contribution >= 0.6 is 0 Å². The van der Waals surface area contributed by atoms with Gasteiger partial charge in [0.15, 0.2) is 0 Å². The first-order valence-corrected chi connectivity index (χ1v) is 8.24. The number of para-hydroxylation sites is 1. The standard InChI is InChI=1S/C21H17F3N2O/c22-21(23,24)19-8-4-5-9-20(19)26-25-14-16-10-12-18(13-11-16)27-15-17-6-2-1-3-7-17/h1-14,26H,15H2. The van der Waals surface area contributed by atoms with Gasteiger partial charge in [-0.15, -0.1) is 0 Å². The van der Waals surface area contributed by atoms with E-state index in [1.54, 1.807) is 24.3 Å². The molecule has 0 heterocycles. The van der Waals surface area contributed by atoms with Crippen molar-refractivity contribution < 1.29 is 17.9 Å². The normalized spacial score (nSPS) is 11.5. The maximum absolute atomic E-state index is 12.9. The summed E-state index contributed by atoms with van der Waals surface area (Å²) in [5.74, 6) is 0.700. The summed E-state index contributed by atoms with van der Waals surface area (Å²) in [6.07, 6.45) is -2.98. The Morgan fingerprint density at radius 3 is 2.22 bits per heavy atom. The lowest BCUT2D eigenvalue weighted by atomic mass is 10.2. The minimum absolute atomic E-state index is 0.0935. The van der Waals surface area contributed by atoms with Gasteiger partial charge in [0, 0.05) is 0 Å². The van der Waals surface area contributed by atoms with E-state index in [2.05, 4.69) is 10.5 Å². The lowest BCUT2D eigenvalue weighted by Crippen LogP contribution is -2.08. The third kappa shape index (κ3) is 5.34. The van der Waals surface area contributed by atoms with Crippen molar-refractivity contribution in [1.82, 2.24) is 0 Å². The van der Waals surface area contributed by atoms with Gasteiger partial charge in [-0.1, -0.05) is 42.5 Å². The van der Waals surface area contributed by atoms with Gasteiger partial charge >= 0.3 is 6.18 Å². The van der Waals surface area contributed by atoms with E-state index in [4.69, 9.17) is 4.74 Å². The number of anilines is 1. The third-order valence-electron chi connectivity index (χ3n) is 3.76. The van der Waals surface area contributed by atoms with E-state index in [1.165, 1.54) is 24.4 Å². The van der Waals surface area contributed by atoms with Gasteiger partial charge in [0.2, 0.25) is 0 Å². The van der Waals surface area contributed by atoms with Gasteiger partial charge in [-0.2, -0.15) is 18.3 Å². The van der Waals surface area contributed by atoms with E-state index in [9.17, 15) is 13.2 Å². The molecule has 0 aliphatic heterocycles. The van der Waals surface area contributed by atoms with Crippen molar-refractivity contribution in [3.8, 4) is 5.75 Å². The topological polar surface area (TPSA) is 33.6 Å². The molecule has 0 saturated carbocycles. The van der Waals surface area contributed by atoms with Crippen LogP contribution in [0, 0.1) is 0 Å². The summed E-state index contributed by atoms with van der Waals surface area (Å²) >= 11 is 0. The fourth-order valence-corrected chi connectivity index (χ4v) is 2.40. The third-order valence-corrected chi connectivity index (χ3v) is 3.76. The molecule has 0 aromatic heterocycles. The van der Waals surface area contributed by atoms with Gasteiger partial charge in [-0.25, -0.2) is 0 Å². The number of hydrazone groups is 1. The summed E-state index contributed by atoms with van der Waals surface area (Å²) in [5.41, 5.74) is 3.40. The molecule has 3 aromatic carbocycles. The quantitative estimate of drug-likeness (QED) is 0.444. The van der Waals surface area contributed by atoms with Gasteiger partial charge in [-0.3, -0.25) is 5.43 Å². The highest BCUT2D eigenvalue weighted by Crippen LogP contribution is 2.34. The molecule has 138 valence electrons. The number of nitrogens with one attached hydrogen (secondary N) is 1. The minimum atomic E-state index is -4.43. The summed E-state index contributed by atoms with van der Waals surface area (Å²) < 4.78 is 44.5. The molecule has 0 unspecified atom stereocenters. The van der Waals surface area contributed by atoms with E-state index in [0.717, 1.165) is 17.2 Å². The summed E-state index contributed by atoms with van der Waals surface area (Å²) in [6.45, 7) is 0.462. The zero-order chi connectivity index (χ0) is 19.1. The molecular formula is C21H17F3N2O. The van der Waals surface area contributed by atoms with Crippen molar-refractivity contribution in [2.45, 2.75) is 12.8 Å². The van der Waals surface area contributed by atoms with Crippen LogP contribution in [0.4, 0.5) is 18.9 Å². The second kappa shape index (κ2) is 8.40. The maximum Gasteiger partial charge on any atom is 0.418 e. The van der Waals surface area contributed by atoms with Crippen molar-refractivity contribution in [3.05, 3.63) is 95.6 Å². The van der Waals surface area contributed by atoms with Crippen molar-refractivity contribution in [2.24, 2.45) is 5.10 Å². The Hall–Kier alpha value is -3.28. The first-order chi connectivity index (χ1) is 13.0. The maximum atomic E-state index is 12.9. The lowest BCUT2D eigenvalue weighted by Gasteiger charge is -2.11. The molecule has 0 spiro atoms. The van der Waals surface area contributed by atoms with Crippen LogP contribution in [0.5, 0.6) is 5.75 Å². The van der Waals surface area contributed by atoms with Crippen molar-refractivity contribution in [3.63, 3.8) is 0 Å². The Morgan fingerprint density at radius 1 is 0.852 bits per heavy atom. The molecule has 0 fully saturated rings. The molecule has 3 aromatic rings. The molecule has 1 N–H and O–H groups in total. The fraction of sp³-hybridized carbons (Fsp3) is 0.0952. The Kier molecular flexibility index (Phi) is 5.76. The molecule has 3 rings (SSSR count). The zero-order valence-corrected chi connectivity index (χ0v) is 14.3. The number of halogens is 3. The van der Waals surface area contributed by atoms with Crippen LogP contribution in [0.25, 0.3) is 0 Å². The van der Waals surface area contributed by atoms with Gasteiger partial charge in [-0.05, 0) is 47.5 Å². The summed E-state index contributed by atoms with van der Waals surface area (Å²) in [6, 6.07) is 22.1. The highest BCUT2D eigenvalue weighted by Gasteiger charge is 2.33. The SMILES string of the molecule is FC(F)(F)c1ccccc1NN=Cc1ccc(OCc2ccccc2)cc1.